The Balaban J connectivity index is 1.52. The number of aromatic nitrogens is 3. The number of benzene rings is 3. The van der Waals surface area contributed by atoms with E-state index in [1.54, 1.807) is 0 Å². The molecule has 0 saturated carbocycles. The Bertz CT molecular complexity index is 1260. The van der Waals surface area contributed by atoms with Crippen LogP contribution in [-0.4, -0.2) is 26.4 Å². The number of amides is 1. The number of hydrogen-bond donors (Lipinski definition) is 1. The van der Waals surface area contributed by atoms with Crippen LogP contribution in [-0.2, 0) is 11.4 Å². The molecule has 34 heavy (non-hydrogen) atoms. The summed E-state index contributed by atoms with van der Waals surface area (Å²) in [6, 6.07) is 21.9. The highest BCUT2D eigenvalue weighted by Crippen LogP contribution is 2.25. The van der Waals surface area contributed by atoms with Crippen molar-refractivity contribution in [3.63, 3.8) is 0 Å². The molecule has 0 spiro atoms. The van der Waals surface area contributed by atoms with E-state index in [0.717, 1.165) is 33.8 Å². The summed E-state index contributed by atoms with van der Waals surface area (Å²) < 4.78 is 7.87. The van der Waals surface area contributed by atoms with Gasteiger partial charge in [-0.15, -0.1) is 10.2 Å². The molecular formula is C27H28N4O2S. The predicted molar refractivity (Wildman–Crippen MR) is 137 cm³/mol. The molecule has 4 rings (SSSR count). The van der Waals surface area contributed by atoms with Gasteiger partial charge < -0.3 is 10.1 Å². The van der Waals surface area contributed by atoms with E-state index in [1.165, 1.54) is 17.3 Å². The lowest BCUT2D eigenvalue weighted by Gasteiger charge is -2.13. The Kier molecular flexibility index (Phi) is 7.33. The molecule has 174 valence electrons. The summed E-state index contributed by atoms with van der Waals surface area (Å²) in [5.41, 5.74) is 6.25. The smallest absolute Gasteiger partial charge is 0.234 e. The molecular weight excluding hydrogens is 444 g/mol. The van der Waals surface area contributed by atoms with E-state index in [4.69, 9.17) is 4.74 Å². The van der Waals surface area contributed by atoms with E-state index >= 15 is 0 Å². The molecule has 1 aromatic heterocycles. The second-order valence-electron chi connectivity index (χ2n) is 8.28. The van der Waals surface area contributed by atoms with E-state index in [1.807, 2.05) is 79.9 Å². The number of ether oxygens (including phenoxy) is 1. The van der Waals surface area contributed by atoms with Gasteiger partial charge in [0.15, 0.2) is 11.0 Å². The number of aryl methyl sites for hydroxylation is 4. The van der Waals surface area contributed by atoms with Crippen LogP contribution in [0.5, 0.6) is 5.75 Å². The first-order valence-electron chi connectivity index (χ1n) is 11.1. The number of thioether (sulfide) groups is 1. The molecule has 1 N–H and O–H groups in total. The summed E-state index contributed by atoms with van der Waals surface area (Å²) in [7, 11) is 0. The number of nitrogens with zero attached hydrogens (tertiary/aromatic N) is 3. The van der Waals surface area contributed by atoms with Crippen LogP contribution in [0.25, 0.3) is 5.69 Å². The van der Waals surface area contributed by atoms with Crippen LogP contribution < -0.4 is 10.1 Å². The Hall–Kier alpha value is -3.58. The van der Waals surface area contributed by atoms with Gasteiger partial charge in [-0.2, -0.15) is 0 Å². The van der Waals surface area contributed by atoms with Crippen LogP contribution in [0.2, 0.25) is 0 Å². The molecule has 0 aliphatic carbocycles. The molecule has 0 unspecified atom stereocenters. The van der Waals surface area contributed by atoms with E-state index in [9.17, 15) is 4.79 Å². The number of para-hydroxylation sites is 1. The third-order valence-electron chi connectivity index (χ3n) is 5.38. The van der Waals surface area contributed by atoms with Gasteiger partial charge in [0.1, 0.15) is 12.4 Å². The number of carbonyl (C=O) groups is 1. The van der Waals surface area contributed by atoms with Gasteiger partial charge >= 0.3 is 0 Å². The van der Waals surface area contributed by atoms with Crippen LogP contribution in [0.3, 0.4) is 0 Å². The first kappa shape index (κ1) is 23.6. The maximum absolute atomic E-state index is 12.8. The Morgan fingerprint density at radius 3 is 2.26 bits per heavy atom. The lowest BCUT2D eigenvalue weighted by molar-refractivity contribution is -0.113. The summed E-state index contributed by atoms with van der Waals surface area (Å²) in [4.78, 5) is 12.8. The molecule has 0 atom stereocenters. The van der Waals surface area contributed by atoms with Crippen molar-refractivity contribution in [3.8, 4) is 11.4 Å². The maximum atomic E-state index is 12.8. The van der Waals surface area contributed by atoms with Gasteiger partial charge in [-0.25, -0.2) is 0 Å². The topological polar surface area (TPSA) is 69.0 Å². The largest absolute Gasteiger partial charge is 0.486 e. The van der Waals surface area contributed by atoms with Gasteiger partial charge in [0.05, 0.1) is 5.75 Å². The van der Waals surface area contributed by atoms with Crippen LogP contribution >= 0.6 is 11.8 Å². The average Bonchev–Trinajstić information content (AvgIpc) is 3.22. The SMILES string of the molecule is Cc1ccc(-n2c(COc3ccccc3)nnc2SCC(=O)Nc2c(C)cc(C)cc2C)cc1. The molecule has 3 aromatic carbocycles. The highest BCUT2D eigenvalue weighted by atomic mass is 32.2. The summed E-state index contributed by atoms with van der Waals surface area (Å²) in [6.45, 7) is 8.38. The van der Waals surface area contributed by atoms with E-state index < -0.39 is 0 Å². The van der Waals surface area contributed by atoms with Crippen molar-refractivity contribution in [3.05, 3.63) is 94.8 Å². The fourth-order valence-corrected chi connectivity index (χ4v) is 4.56. The van der Waals surface area contributed by atoms with Gasteiger partial charge in [-0.05, 0) is 63.1 Å². The summed E-state index contributed by atoms with van der Waals surface area (Å²) in [6.07, 6.45) is 0. The molecule has 0 radical (unpaired) electrons. The molecule has 7 heteroatoms. The average molecular weight is 473 g/mol. The van der Waals surface area contributed by atoms with Crippen molar-refractivity contribution in [1.29, 1.82) is 0 Å². The van der Waals surface area contributed by atoms with Crippen LogP contribution in [0, 0.1) is 27.7 Å². The zero-order chi connectivity index (χ0) is 24.1. The molecule has 0 bridgehead atoms. The van der Waals surface area contributed by atoms with Crippen molar-refractivity contribution in [1.82, 2.24) is 14.8 Å². The first-order chi connectivity index (χ1) is 16.4. The fraction of sp³-hybridized carbons (Fsp3) is 0.222. The van der Waals surface area contributed by atoms with Crippen molar-refractivity contribution >= 4 is 23.4 Å². The number of anilines is 1. The minimum atomic E-state index is -0.0828. The quantitative estimate of drug-likeness (QED) is 0.328. The van der Waals surface area contributed by atoms with Crippen LogP contribution in [0.4, 0.5) is 5.69 Å². The van der Waals surface area contributed by atoms with Gasteiger partial charge in [0, 0.05) is 11.4 Å². The Morgan fingerprint density at radius 2 is 1.59 bits per heavy atom. The lowest BCUT2D eigenvalue weighted by atomic mass is 10.1. The molecule has 6 nitrogen and oxygen atoms in total. The zero-order valence-electron chi connectivity index (χ0n) is 19.8. The highest BCUT2D eigenvalue weighted by Gasteiger charge is 2.17. The van der Waals surface area contributed by atoms with Crippen molar-refractivity contribution in [2.45, 2.75) is 39.5 Å². The third-order valence-corrected chi connectivity index (χ3v) is 6.31. The molecule has 0 saturated heterocycles. The van der Waals surface area contributed by atoms with Crippen molar-refractivity contribution in [2.24, 2.45) is 0 Å². The van der Waals surface area contributed by atoms with Gasteiger partial charge in [0.25, 0.3) is 0 Å². The van der Waals surface area contributed by atoms with Crippen LogP contribution in [0.1, 0.15) is 28.1 Å². The predicted octanol–water partition coefficient (Wildman–Crippen LogP) is 5.81. The normalized spacial score (nSPS) is 10.8. The zero-order valence-corrected chi connectivity index (χ0v) is 20.6. The molecule has 1 heterocycles. The van der Waals surface area contributed by atoms with Crippen molar-refractivity contribution in [2.75, 3.05) is 11.1 Å². The Morgan fingerprint density at radius 1 is 0.912 bits per heavy atom. The summed E-state index contributed by atoms with van der Waals surface area (Å²) in [5.74, 6) is 1.57. The third kappa shape index (κ3) is 5.66. The molecule has 0 aliphatic heterocycles. The maximum Gasteiger partial charge on any atom is 0.234 e. The monoisotopic (exact) mass is 472 g/mol. The molecule has 0 fully saturated rings. The number of nitrogens with one attached hydrogen (secondary N) is 1. The first-order valence-corrected chi connectivity index (χ1v) is 12.1. The van der Waals surface area contributed by atoms with E-state index in [-0.39, 0.29) is 18.3 Å². The van der Waals surface area contributed by atoms with Crippen molar-refractivity contribution < 1.29 is 9.53 Å². The second-order valence-corrected chi connectivity index (χ2v) is 9.22. The van der Waals surface area contributed by atoms with E-state index in [2.05, 4.69) is 34.6 Å². The summed E-state index contributed by atoms with van der Waals surface area (Å²) in [5, 5.41) is 12.4. The minimum Gasteiger partial charge on any atom is -0.486 e. The van der Waals surface area contributed by atoms with E-state index in [0.29, 0.717) is 11.0 Å². The van der Waals surface area contributed by atoms with Crippen LogP contribution in [0.15, 0.2) is 71.9 Å². The second kappa shape index (κ2) is 10.6. The lowest BCUT2D eigenvalue weighted by Crippen LogP contribution is -2.16. The number of carbonyl (C=O) groups excluding carboxylic acids is 1. The minimum absolute atomic E-state index is 0.0828. The van der Waals surface area contributed by atoms with Gasteiger partial charge in [-0.3, -0.25) is 9.36 Å². The standard InChI is InChI=1S/C27H28N4O2S/c1-18-10-12-22(13-11-18)31-24(16-33-23-8-6-5-7-9-23)29-30-27(31)34-17-25(32)28-26-20(3)14-19(2)15-21(26)4/h5-15H,16-17H2,1-4H3,(H,28,32). The molecule has 4 aromatic rings. The van der Waals surface area contributed by atoms with Gasteiger partial charge in [0.2, 0.25) is 5.91 Å². The highest BCUT2D eigenvalue weighted by molar-refractivity contribution is 7.99. The number of hydrogen-bond acceptors (Lipinski definition) is 5. The number of rotatable bonds is 8. The molecule has 1 amide bonds. The summed E-state index contributed by atoms with van der Waals surface area (Å²) >= 11 is 1.35. The fourth-order valence-electron chi connectivity index (χ4n) is 3.79. The Labute approximate surface area is 204 Å². The van der Waals surface area contributed by atoms with Gasteiger partial charge in [-0.1, -0.05) is 65.4 Å². The molecule has 0 aliphatic rings.